The fourth-order valence-corrected chi connectivity index (χ4v) is 3.19. The Morgan fingerprint density at radius 1 is 1.30 bits per heavy atom. The Bertz CT molecular complexity index is 585. The number of nitrogens with one attached hydrogen (secondary N) is 2. The molecule has 0 aromatic heterocycles. The summed E-state index contributed by atoms with van der Waals surface area (Å²) >= 11 is 0. The van der Waals surface area contributed by atoms with Crippen LogP contribution in [-0.4, -0.2) is 30.4 Å². The summed E-state index contributed by atoms with van der Waals surface area (Å²) in [5.74, 6) is 0.154. The average Bonchev–Trinajstić information content (AvgIpc) is 2.94. The van der Waals surface area contributed by atoms with E-state index in [2.05, 4.69) is 10.6 Å². The summed E-state index contributed by atoms with van der Waals surface area (Å²) in [6, 6.07) is 7.55. The average molecular weight is 338 g/mol. The van der Waals surface area contributed by atoms with Crippen LogP contribution in [0.25, 0.3) is 0 Å². The van der Waals surface area contributed by atoms with Crippen LogP contribution in [-0.2, 0) is 9.59 Å². The molecule has 1 unspecified atom stereocenters. The maximum absolute atomic E-state index is 12.5. The molecule has 0 bridgehead atoms. The number of hydrogen-bond acceptors (Lipinski definition) is 3. The lowest BCUT2D eigenvalue weighted by Crippen LogP contribution is -2.54. The number of benzene rings is 1. The Kier molecular flexibility index (Phi) is 5.65. The molecule has 6 heteroatoms. The van der Waals surface area contributed by atoms with Gasteiger partial charge in [-0.3, -0.25) is 9.59 Å². The molecule has 2 amide bonds. The summed E-state index contributed by atoms with van der Waals surface area (Å²) in [5, 5.41) is 6.31. The minimum atomic E-state index is -0.502. The lowest BCUT2D eigenvalue weighted by molar-refractivity contribution is -0.122. The Hall–Kier alpha value is -1.59. The zero-order valence-electron chi connectivity index (χ0n) is 13.4. The molecule has 2 heterocycles. The molecule has 0 saturated carbocycles. The van der Waals surface area contributed by atoms with Crippen molar-refractivity contribution in [1.82, 2.24) is 5.32 Å². The van der Waals surface area contributed by atoms with E-state index in [0.29, 0.717) is 6.42 Å². The van der Waals surface area contributed by atoms with Gasteiger partial charge in [-0.2, -0.15) is 0 Å². The molecule has 2 fully saturated rings. The normalized spacial score (nSPS) is 24.2. The van der Waals surface area contributed by atoms with Crippen molar-refractivity contribution in [1.29, 1.82) is 0 Å². The number of hydrogen-bond donors (Lipinski definition) is 2. The van der Waals surface area contributed by atoms with Crippen LogP contribution >= 0.6 is 12.4 Å². The van der Waals surface area contributed by atoms with E-state index < -0.39 is 5.54 Å². The van der Waals surface area contributed by atoms with Crippen molar-refractivity contribution in [3.63, 3.8) is 0 Å². The first kappa shape index (κ1) is 17.8. The molecule has 3 rings (SSSR count). The van der Waals surface area contributed by atoms with Gasteiger partial charge in [0, 0.05) is 24.3 Å². The first-order valence-corrected chi connectivity index (χ1v) is 8.05. The highest BCUT2D eigenvalue weighted by molar-refractivity contribution is 5.99. The zero-order chi connectivity index (χ0) is 15.6. The molecule has 23 heavy (non-hydrogen) atoms. The molecule has 5 nitrogen and oxygen atoms in total. The van der Waals surface area contributed by atoms with Gasteiger partial charge < -0.3 is 15.5 Å². The summed E-state index contributed by atoms with van der Waals surface area (Å²) < 4.78 is 0. The van der Waals surface area contributed by atoms with Gasteiger partial charge in [0.2, 0.25) is 11.8 Å². The van der Waals surface area contributed by atoms with Crippen LogP contribution in [0.15, 0.2) is 24.3 Å². The zero-order valence-corrected chi connectivity index (χ0v) is 14.2. The predicted molar refractivity (Wildman–Crippen MR) is 94.2 cm³/mol. The molecule has 126 valence electrons. The van der Waals surface area contributed by atoms with Crippen LogP contribution in [0, 0.1) is 0 Å². The Balaban J connectivity index is 0.00000192. The summed E-state index contributed by atoms with van der Waals surface area (Å²) in [7, 11) is 0. The van der Waals surface area contributed by atoms with E-state index in [4.69, 9.17) is 0 Å². The number of nitrogens with zero attached hydrogens (tertiary/aromatic N) is 1. The molecule has 0 radical (unpaired) electrons. The van der Waals surface area contributed by atoms with Crippen molar-refractivity contribution in [2.24, 2.45) is 0 Å². The number of carbonyl (C=O) groups excluding carboxylic acids is 2. The first-order chi connectivity index (χ1) is 10.6. The van der Waals surface area contributed by atoms with E-state index in [9.17, 15) is 9.59 Å². The molecule has 1 atom stereocenters. The molecule has 1 aromatic rings. The highest BCUT2D eigenvalue weighted by atomic mass is 35.5. The second kappa shape index (κ2) is 7.32. The predicted octanol–water partition coefficient (Wildman–Crippen LogP) is 2.71. The number of amides is 2. The Labute approximate surface area is 143 Å². The van der Waals surface area contributed by atoms with Gasteiger partial charge >= 0.3 is 0 Å². The van der Waals surface area contributed by atoms with Crippen molar-refractivity contribution in [2.45, 2.75) is 44.6 Å². The van der Waals surface area contributed by atoms with Gasteiger partial charge in [-0.25, -0.2) is 0 Å². The van der Waals surface area contributed by atoms with Gasteiger partial charge in [-0.1, -0.05) is 6.07 Å². The van der Waals surface area contributed by atoms with Gasteiger partial charge in [0.15, 0.2) is 0 Å². The summed E-state index contributed by atoms with van der Waals surface area (Å²) in [6.07, 6.45) is 4.55. The van der Waals surface area contributed by atoms with E-state index in [-0.39, 0.29) is 24.2 Å². The lowest BCUT2D eigenvalue weighted by atomic mass is 9.90. The highest BCUT2D eigenvalue weighted by Crippen LogP contribution is 2.26. The standard InChI is InChI=1S/C17H23N3O2.ClH/c1-17(9-2-3-10-18-17)16(22)19-13-6-4-7-14(12-13)20-11-5-8-15(20)21;/h4,6-7,12,18H,2-3,5,8-11H2,1H3,(H,19,22);1H. The number of piperidine rings is 1. The van der Waals surface area contributed by atoms with Crippen molar-refractivity contribution in [2.75, 3.05) is 23.3 Å². The van der Waals surface area contributed by atoms with Crippen LogP contribution in [0.1, 0.15) is 39.0 Å². The smallest absolute Gasteiger partial charge is 0.244 e. The van der Waals surface area contributed by atoms with Crippen molar-refractivity contribution in [3.8, 4) is 0 Å². The molecule has 0 spiro atoms. The van der Waals surface area contributed by atoms with Crippen LogP contribution < -0.4 is 15.5 Å². The molecular weight excluding hydrogens is 314 g/mol. The largest absolute Gasteiger partial charge is 0.324 e. The van der Waals surface area contributed by atoms with Crippen LogP contribution in [0.2, 0.25) is 0 Å². The van der Waals surface area contributed by atoms with E-state index in [0.717, 1.165) is 50.1 Å². The third kappa shape index (κ3) is 3.85. The Morgan fingerprint density at radius 2 is 2.13 bits per heavy atom. The monoisotopic (exact) mass is 337 g/mol. The highest BCUT2D eigenvalue weighted by Gasteiger charge is 2.34. The minimum absolute atomic E-state index is 0. The SMILES string of the molecule is CC1(C(=O)Nc2cccc(N3CCCC3=O)c2)CCCCN1.Cl. The minimum Gasteiger partial charge on any atom is -0.324 e. The first-order valence-electron chi connectivity index (χ1n) is 8.05. The Morgan fingerprint density at radius 3 is 2.78 bits per heavy atom. The van der Waals surface area contributed by atoms with Crippen LogP contribution in [0.3, 0.4) is 0 Å². The maximum Gasteiger partial charge on any atom is 0.244 e. The number of anilines is 2. The number of halogens is 1. The molecule has 0 aliphatic carbocycles. The third-order valence-corrected chi connectivity index (χ3v) is 4.61. The molecule has 2 N–H and O–H groups in total. The summed E-state index contributed by atoms with van der Waals surface area (Å²) in [4.78, 5) is 26.2. The summed E-state index contributed by atoms with van der Waals surface area (Å²) in [6.45, 7) is 3.59. The van der Waals surface area contributed by atoms with Crippen molar-refractivity contribution in [3.05, 3.63) is 24.3 Å². The lowest BCUT2D eigenvalue weighted by Gasteiger charge is -2.33. The topological polar surface area (TPSA) is 61.4 Å². The molecule has 2 saturated heterocycles. The van der Waals surface area contributed by atoms with Crippen LogP contribution in [0.5, 0.6) is 0 Å². The maximum atomic E-state index is 12.5. The van der Waals surface area contributed by atoms with Gasteiger partial charge in [-0.15, -0.1) is 12.4 Å². The van der Waals surface area contributed by atoms with Crippen LogP contribution in [0.4, 0.5) is 11.4 Å². The van der Waals surface area contributed by atoms with Gasteiger partial charge in [0.05, 0.1) is 5.54 Å². The van der Waals surface area contributed by atoms with Crippen molar-refractivity contribution >= 4 is 35.6 Å². The number of carbonyl (C=O) groups is 2. The van der Waals surface area contributed by atoms with E-state index in [1.165, 1.54) is 0 Å². The molecule has 2 aliphatic rings. The van der Waals surface area contributed by atoms with E-state index >= 15 is 0 Å². The molecular formula is C17H24ClN3O2. The second-order valence-electron chi connectivity index (χ2n) is 6.37. The quantitative estimate of drug-likeness (QED) is 0.891. The fourth-order valence-electron chi connectivity index (χ4n) is 3.19. The fraction of sp³-hybridized carbons (Fsp3) is 0.529. The third-order valence-electron chi connectivity index (χ3n) is 4.61. The van der Waals surface area contributed by atoms with E-state index in [1.54, 1.807) is 4.90 Å². The second-order valence-corrected chi connectivity index (χ2v) is 6.37. The van der Waals surface area contributed by atoms with Gasteiger partial charge in [-0.05, 0) is 57.4 Å². The molecule has 1 aromatic carbocycles. The van der Waals surface area contributed by atoms with E-state index in [1.807, 2.05) is 31.2 Å². The number of rotatable bonds is 3. The molecule has 2 aliphatic heterocycles. The van der Waals surface area contributed by atoms with Gasteiger partial charge in [0.25, 0.3) is 0 Å². The summed E-state index contributed by atoms with van der Waals surface area (Å²) in [5.41, 5.74) is 1.11. The van der Waals surface area contributed by atoms with Gasteiger partial charge in [0.1, 0.15) is 0 Å². The van der Waals surface area contributed by atoms with Crippen molar-refractivity contribution < 1.29 is 9.59 Å².